The quantitative estimate of drug-likeness (QED) is 0.539. The number of nitrogens with one attached hydrogen (secondary N) is 1. The zero-order valence-electron chi connectivity index (χ0n) is 14.2. The zero-order chi connectivity index (χ0) is 18.8. The van der Waals surface area contributed by atoms with Crippen molar-refractivity contribution in [3.05, 3.63) is 89.0 Å². The lowest BCUT2D eigenvalue weighted by molar-refractivity contribution is 0.562. The third-order valence-corrected chi connectivity index (χ3v) is 4.38. The molecule has 0 fully saturated rings. The third kappa shape index (κ3) is 3.81. The number of fused-ring (bicyclic) bond motifs is 1. The Bertz CT molecular complexity index is 1110. The number of hydrogen-bond acceptors (Lipinski definition) is 3. The first kappa shape index (κ1) is 17.2. The Kier molecular flexibility index (Phi) is 4.58. The fourth-order valence-electron chi connectivity index (χ4n) is 3.02. The summed E-state index contributed by atoms with van der Waals surface area (Å²) in [7, 11) is 0. The molecule has 0 aliphatic rings. The summed E-state index contributed by atoms with van der Waals surface area (Å²) >= 11 is 0. The van der Waals surface area contributed by atoms with Gasteiger partial charge in [-0.2, -0.15) is 4.39 Å². The number of halogens is 3. The minimum absolute atomic E-state index is 0.276. The van der Waals surface area contributed by atoms with Crippen LogP contribution in [0.25, 0.3) is 11.0 Å². The van der Waals surface area contributed by atoms with Crippen LogP contribution < -0.4 is 0 Å². The van der Waals surface area contributed by atoms with E-state index in [4.69, 9.17) is 0 Å². The van der Waals surface area contributed by atoms with Gasteiger partial charge < -0.3 is 4.98 Å². The van der Waals surface area contributed by atoms with Gasteiger partial charge in [0, 0.05) is 35.5 Å². The molecule has 0 unspecified atom stereocenters. The van der Waals surface area contributed by atoms with Crippen molar-refractivity contribution in [3.8, 4) is 0 Å². The lowest BCUT2D eigenvalue weighted by atomic mass is 10.0. The number of aromatic amines is 1. The molecule has 7 heteroatoms. The van der Waals surface area contributed by atoms with Gasteiger partial charge >= 0.3 is 0 Å². The highest BCUT2D eigenvalue weighted by atomic mass is 19.1. The lowest BCUT2D eigenvalue weighted by Gasteiger charge is -2.06. The molecule has 4 aromatic heterocycles. The minimum Gasteiger partial charge on any atom is -0.346 e. The molecule has 0 aliphatic heterocycles. The van der Waals surface area contributed by atoms with Crippen LogP contribution in [0.3, 0.4) is 0 Å². The van der Waals surface area contributed by atoms with Crippen molar-refractivity contribution in [2.24, 2.45) is 0 Å². The van der Waals surface area contributed by atoms with E-state index in [2.05, 4.69) is 19.9 Å². The van der Waals surface area contributed by atoms with Crippen molar-refractivity contribution in [3.63, 3.8) is 0 Å². The highest BCUT2D eigenvalue weighted by molar-refractivity contribution is 5.79. The number of rotatable bonds is 5. The molecule has 0 saturated heterocycles. The Hall–Kier alpha value is -3.22. The smallest absolute Gasteiger partial charge is 0.216 e. The average molecular weight is 368 g/mol. The lowest BCUT2D eigenvalue weighted by Crippen LogP contribution is -2.01. The van der Waals surface area contributed by atoms with E-state index in [1.54, 1.807) is 24.5 Å². The first-order valence-corrected chi connectivity index (χ1v) is 8.44. The number of pyridine rings is 3. The van der Waals surface area contributed by atoms with Gasteiger partial charge in [-0.1, -0.05) is 6.07 Å². The summed E-state index contributed by atoms with van der Waals surface area (Å²) < 4.78 is 41.0. The van der Waals surface area contributed by atoms with Crippen LogP contribution in [-0.2, 0) is 19.3 Å². The Morgan fingerprint density at radius 2 is 1.74 bits per heavy atom. The minimum atomic E-state index is -0.566. The van der Waals surface area contributed by atoms with Gasteiger partial charge in [0.25, 0.3) is 0 Å². The van der Waals surface area contributed by atoms with E-state index in [-0.39, 0.29) is 6.42 Å². The molecule has 0 radical (unpaired) electrons. The highest BCUT2D eigenvalue weighted by Crippen LogP contribution is 2.21. The van der Waals surface area contributed by atoms with E-state index in [1.807, 2.05) is 0 Å². The molecule has 0 atom stereocenters. The second-order valence-corrected chi connectivity index (χ2v) is 6.30. The molecule has 0 bridgehead atoms. The van der Waals surface area contributed by atoms with Crippen LogP contribution in [0.4, 0.5) is 13.2 Å². The predicted molar refractivity (Wildman–Crippen MR) is 94.7 cm³/mol. The highest BCUT2D eigenvalue weighted by Gasteiger charge is 2.11. The van der Waals surface area contributed by atoms with Crippen LogP contribution in [0.5, 0.6) is 0 Å². The van der Waals surface area contributed by atoms with E-state index < -0.39 is 17.6 Å². The van der Waals surface area contributed by atoms with Crippen LogP contribution in [0.1, 0.15) is 22.4 Å². The van der Waals surface area contributed by atoms with Crippen LogP contribution in [0.15, 0.2) is 49.1 Å². The molecule has 0 saturated carbocycles. The Labute approximate surface area is 153 Å². The summed E-state index contributed by atoms with van der Waals surface area (Å²) in [6.07, 6.45) is 6.82. The van der Waals surface area contributed by atoms with Gasteiger partial charge in [0.2, 0.25) is 5.95 Å². The molecular weight excluding hydrogens is 353 g/mol. The van der Waals surface area contributed by atoms with E-state index in [0.717, 1.165) is 23.5 Å². The maximum atomic E-state index is 14.4. The Morgan fingerprint density at radius 1 is 0.889 bits per heavy atom. The molecule has 4 heterocycles. The van der Waals surface area contributed by atoms with Gasteiger partial charge in [-0.25, -0.2) is 18.7 Å². The van der Waals surface area contributed by atoms with Crippen LogP contribution in [0.2, 0.25) is 0 Å². The Balaban J connectivity index is 1.50. The topological polar surface area (TPSA) is 54.5 Å². The molecule has 4 aromatic rings. The third-order valence-electron chi connectivity index (χ3n) is 4.38. The zero-order valence-corrected chi connectivity index (χ0v) is 14.2. The molecular formula is C20H15F3N4. The molecule has 4 rings (SSSR count). The summed E-state index contributed by atoms with van der Waals surface area (Å²) in [5.74, 6) is -1.40. The Morgan fingerprint density at radius 3 is 2.56 bits per heavy atom. The molecule has 136 valence electrons. The maximum Gasteiger partial charge on any atom is 0.216 e. The number of nitrogens with zero attached hydrogens (tertiary/aromatic N) is 3. The number of aryl methyl sites for hydroxylation is 2. The SMILES string of the molecule is Fc1cncc(CCc2ccc(Cc3c[nH]c4ncc(F)cc34)c(F)n2)c1. The van der Waals surface area contributed by atoms with Crippen molar-refractivity contribution >= 4 is 11.0 Å². The van der Waals surface area contributed by atoms with Crippen molar-refractivity contribution in [1.82, 2.24) is 19.9 Å². The molecule has 0 aromatic carbocycles. The first-order chi connectivity index (χ1) is 13.1. The van der Waals surface area contributed by atoms with Crippen molar-refractivity contribution in [2.75, 3.05) is 0 Å². The van der Waals surface area contributed by atoms with Crippen molar-refractivity contribution < 1.29 is 13.2 Å². The second kappa shape index (κ2) is 7.19. The van der Waals surface area contributed by atoms with Gasteiger partial charge in [-0.3, -0.25) is 4.98 Å². The number of H-pyrrole nitrogens is 1. The summed E-state index contributed by atoms with van der Waals surface area (Å²) in [5.41, 5.74) is 3.02. The van der Waals surface area contributed by atoms with Crippen molar-refractivity contribution in [1.29, 1.82) is 0 Å². The summed E-state index contributed by atoms with van der Waals surface area (Å²) in [6, 6.07) is 6.20. The average Bonchev–Trinajstić information content (AvgIpc) is 3.04. The largest absolute Gasteiger partial charge is 0.346 e. The summed E-state index contributed by atoms with van der Waals surface area (Å²) in [5, 5.41) is 0.622. The fraction of sp³-hybridized carbons (Fsp3) is 0.150. The molecule has 1 N–H and O–H groups in total. The van der Waals surface area contributed by atoms with E-state index >= 15 is 0 Å². The monoisotopic (exact) mass is 368 g/mol. The second-order valence-electron chi connectivity index (χ2n) is 6.30. The van der Waals surface area contributed by atoms with Crippen LogP contribution >= 0.6 is 0 Å². The summed E-state index contributed by atoms with van der Waals surface area (Å²) in [4.78, 5) is 14.7. The number of aromatic nitrogens is 4. The van der Waals surface area contributed by atoms with Crippen LogP contribution in [-0.4, -0.2) is 19.9 Å². The summed E-state index contributed by atoms with van der Waals surface area (Å²) in [6.45, 7) is 0. The standard InChI is InChI=1S/C20H15F3N4/c21-15-5-12(8-24-10-15)1-3-17-4-2-13(19(23)27-17)6-14-9-25-20-18(14)7-16(22)11-26-20/h2,4-5,7-11H,1,3,6H2,(H,25,26). The first-order valence-electron chi connectivity index (χ1n) is 8.44. The maximum absolute atomic E-state index is 14.4. The van der Waals surface area contributed by atoms with E-state index in [0.29, 0.717) is 35.1 Å². The van der Waals surface area contributed by atoms with Gasteiger partial charge in [0.15, 0.2) is 0 Å². The van der Waals surface area contributed by atoms with Crippen LogP contribution in [0, 0.1) is 17.6 Å². The van der Waals surface area contributed by atoms with Gasteiger partial charge in [0.1, 0.15) is 17.3 Å². The van der Waals surface area contributed by atoms with Crippen molar-refractivity contribution in [2.45, 2.75) is 19.3 Å². The van der Waals surface area contributed by atoms with Gasteiger partial charge in [-0.15, -0.1) is 0 Å². The molecule has 0 amide bonds. The molecule has 0 aliphatic carbocycles. The normalized spacial score (nSPS) is 11.2. The molecule has 4 nitrogen and oxygen atoms in total. The number of hydrogen-bond donors (Lipinski definition) is 1. The van der Waals surface area contributed by atoms with Gasteiger partial charge in [0.05, 0.1) is 12.4 Å². The van der Waals surface area contributed by atoms with E-state index in [9.17, 15) is 13.2 Å². The van der Waals surface area contributed by atoms with E-state index in [1.165, 1.54) is 12.1 Å². The fourth-order valence-corrected chi connectivity index (χ4v) is 3.02. The predicted octanol–water partition coefficient (Wildman–Crippen LogP) is 4.15. The molecule has 27 heavy (non-hydrogen) atoms. The molecule has 0 spiro atoms. The van der Waals surface area contributed by atoms with Gasteiger partial charge in [-0.05, 0) is 42.2 Å².